The zero-order chi connectivity index (χ0) is 20.5. The Balaban J connectivity index is 0. The topological polar surface area (TPSA) is 17.6 Å². The number of aryl methyl sites for hydroxylation is 4. The predicted octanol–water partition coefficient (Wildman–Crippen LogP) is -0.646. The predicted molar refractivity (Wildman–Crippen MR) is 118 cm³/mol. The lowest BCUT2D eigenvalue weighted by Gasteiger charge is -1.98. The maximum atomic E-state index is 2.26. The van der Waals surface area contributed by atoms with E-state index in [2.05, 4.69) is 83.7 Å². The van der Waals surface area contributed by atoms with Gasteiger partial charge in [-0.15, -0.1) is 0 Å². The van der Waals surface area contributed by atoms with Gasteiger partial charge < -0.3 is 24.8 Å². The molecule has 176 valence electrons. The number of halogens is 2. The molecule has 0 bridgehead atoms. The Morgan fingerprint density at radius 1 is 0.533 bits per heavy atom. The molecule has 0 N–H and O–H groups in total. The summed E-state index contributed by atoms with van der Waals surface area (Å²) in [5.74, 6) is 0. The lowest BCUT2D eigenvalue weighted by atomic mass is 10.1. The molecule has 6 heteroatoms. The average molecular weight is 462 g/mol. The van der Waals surface area contributed by atoms with Crippen LogP contribution < -0.4 is 33.9 Å². The van der Waals surface area contributed by atoms with Gasteiger partial charge in [0.1, 0.15) is 24.8 Å². The average Bonchev–Trinajstić information content (AvgIpc) is 3.29. The maximum Gasteiger partial charge on any atom is 0.243 e. The molecule has 0 aliphatic heterocycles. The third-order valence-electron chi connectivity index (χ3n) is 5.19. The van der Waals surface area contributed by atoms with Crippen LogP contribution >= 0.6 is 0 Å². The van der Waals surface area contributed by atoms with Crippen molar-refractivity contribution in [3.8, 4) is 0 Å². The number of unbranched alkanes of at least 4 members (excludes halogenated alkanes) is 10. The highest BCUT2D eigenvalue weighted by atomic mass is 35.5. The highest BCUT2D eigenvalue weighted by molar-refractivity contribution is 4.66. The van der Waals surface area contributed by atoms with Crippen molar-refractivity contribution in [2.45, 2.75) is 104 Å². The van der Waals surface area contributed by atoms with E-state index >= 15 is 0 Å². The second kappa shape index (κ2) is 21.2. The molecule has 0 atom stereocenters. The first-order valence-electron chi connectivity index (χ1n) is 11.7. The molecule has 2 rings (SSSR count). The van der Waals surface area contributed by atoms with Crippen LogP contribution in [0.25, 0.3) is 0 Å². The van der Waals surface area contributed by atoms with Crippen LogP contribution in [0.4, 0.5) is 0 Å². The minimum Gasteiger partial charge on any atom is -1.00 e. The van der Waals surface area contributed by atoms with Crippen molar-refractivity contribution in [2.75, 3.05) is 0 Å². The molecule has 0 unspecified atom stereocenters. The SMILES string of the molecule is CCCCCCCCn1cc[n+](C)c1.CCCCCCCCn1cc[n+](C)c1.[Cl-].[Cl-]. The van der Waals surface area contributed by atoms with E-state index in [1.54, 1.807) is 0 Å². The molecule has 0 spiro atoms. The minimum absolute atomic E-state index is 0. The number of imidazole rings is 2. The monoisotopic (exact) mass is 460 g/mol. The lowest BCUT2D eigenvalue weighted by Crippen LogP contribution is -3.00. The Morgan fingerprint density at radius 2 is 0.867 bits per heavy atom. The molecule has 0 saturated heterocycles. The first-order chi connectivity index (χ1) is 13.7. The van der Waals surface area contributed by atoms with Gasteiger partial charge in [0, 0.05) is 0 Å². The number of aromatic nitrogens is 4. The summed E-state index contributed by atoms with van der Waals surface area (Å²) in [6.45, 7) is 6.87. The Bertz CT molecular complexity index is 543. The van der Waals surface area contributed by atoms with Gasteiger partial charge in [-0.2, -0.15) is 0 Å². The van der Waals surface area contributed by atoms with Crippen LogP contribution in [0.3, 0.4) is 0 Å². The van der Waals surface area contributed by atoms with E-state index in [4.69, 9.17) is 0 Å². The van der Waals surface area contributed by atoms with E-state index in [1.165, 1.54) is 90.1 Å². The minimum atomic E-state index is 0. The van der Waals surface area contributed by atoms with Crippen LogP contribution in [0.15, 0.2) is 37.4 Å². The summed E-state index contributed by atoms with van der Waals surface area (Å²) in [5.41, 5.74) is 0. The molecule has 0 saturated carbocycles. The Hall–Kier alpha value is -1.00. The molecule has 0 aliphatic rings. The number of nitrogens with zero attached hydrogens (tertiary/aromatic N) is 4. The van der Waals surface area contributed by atoms with Crippen LogP contribution in [-0.2, 0) is 27.2 Å². The van der Waals surface area contributed by atoms with Gasteiger partial charge >= 0.3 is 0 Å². The summed E-state index contributed by atoms with van der Waals surface area (Å²) >= 11 is 0. The first kappa shape index (κ1) is 31.2. The third kappa shape index (κ3) is 16.8. The van der Waals surface area contributed by atoms with E-state index in [-0.39, 0.29) is 24.8 Å². The fourth-order valence-corrected chi connectivity index (χ4v) is 3.42. The van der Waals surface area contributed by atoms with Gasteiger partial charge in [0.05, 0.1) is 27.2 Å². The molecule has 2 aromatic heterocycles. The van der Waals surface area contributed by atoms with E-state index in [0.29, 0.717) is 0 Å². The summed E-state index contributed by atoms with van der Waals surface area (Å²) in [6.07, 6.45) is 29.3. The highest BCUT2D eigenvalue weighted by Gasteiger charge is 1.99. The Morgan fingerprint density at radius 3 is 1.17 bits per heavy atom. The van der Waals surface area contributed by atoms with Crippen molar-refractivity contribution in [3.63, 3.8) is 0 Å². The second-order valence-corrected chi connectivity index (χ2v) is 8.17. The molecule has 0 aromatic carbocycles. The second-order valence-electron chi connectivity index (χ2n) is 8.17. The molecule has 2 aromatic rings. The summed E-state index contributed by atoms with van der Waals surface area (Å²) in [5, 5.41) is 0. The van der Waals surface area contributed by atoms with E-state index in [1.807, 2.05) is 0 Å². The smallest absolute Gasteiger partial charge is 0.243 e. The molecule has 4 nitrogen and oxygen atoms in total. The molecular formula is C24H46Cl2N4. The first-order valence-corrected chi connectivity index (χ1v) is 11.7. The van der Waals surface area contributed by atoms with E-state index in [0.717, 1.165) is 0 Å². The quantitative estimate of drug-likeness (QED) is 0.263. The lowest BCUT2D eigenvalue weighted by molar-refractivity contribution is -0.671. The molecule has 0 radical (unpaired) electrons. The molecule has 0 aliphatic carbocycles. The summed E-state index contributed by atoms with van der Waals surface area (Å²) in [7, 11) is 4.13. The van der Waals surface area contributed by atoms with Gasteiger partial charge in [-0.1, -0.05) is 65.2 Å². The number of hydrogen-bond acceptors (Lipinski definition) is 0. The van der Waals surface area contributed by atoms with Crippen molar-refractivity contribution in [1.29, 1.82) is 0 Å². The molecule has 30 heavy (non-hydrogen) atoms. The normalized spacial score (nSPS) is 10.0. The Kier molecular flexibility index (Phi) is 22.1. The number of rotatable bonds is 14. The van der Waals surface area contributed by atoms with Crippen LogP contribution in [0.1, 0.15) is 90.9 Å². The fraction of sp³-hybridized carbons (Fsp3) is 0.750. The van der Waals surface area contributed by atoms with Gasteiger partial charge in [-0.05, 0) is 25.7 Å². The van der Waals surface area contributed by atoms with Crippen LogP contribution in [0, 0.1) is 0 Å². The molecule has 0 fully saturated rings. The maximum absolute atomic E-state index is 2.26. The molecular weight excluding hydrogens is 415 g/mol. The van der Waals surface area contributed by atoms with Crippen molar-refractivity contribution >= 4 is 0 Å². The van der Waals surface area contributed by atoms with Crippen molar-refractivity contribution < 1.29 is 33.9 Å². The fourth-order valence-electron chi connectivity index (χ4n) is 3.42. The zero-order valence-electron chi connectivity index (χ0n) is 19.9. The zero-order valence-corrected chi connectivity index (χ0v) is 21.4. The van der Waals surface area contributed by atoms with E-state index in [9.17, 15) is 0 Å². The van der Waals surface area contributed by atoms with E-state index < -0.39 is 0 Å². The summed E-state index contributed by atoms with van der Waals surface area (Å²) in [4.78, 5) is 0. The van der Waals surface area contributed by atoms with Crippen LogP contribution in [0.2, 0.25) is 0 Å². The van der Waals surface area contributed by atoms with Crippen molar-refractivity contribution in [3.05, 3.63) is 37.4 Å². The van der Waals surface area contributed by atoms with Crippen LogP contribution in [-0.4, -0.2) is 9.13 Å². The van der Waals surface area contributed by atoms with Crippen molar-refractivity contribution in [2.24, 2.45) is 14.1 Å². The van der Waals surface area contributed by atoms with Gasteiger partial charge in [0.15, 0.2) is 0 Å². The van der Waals surface area contributed by atoms with Crippen LogP contribution in [0.5, 0.6) is 0 Å². The summed E-state index contributed by atoms with van der Waals surface area (Å²) in [6, 6.07) is 0. The van der Waals surface area contributed by atoms with Gasteiger partial charge in [-0.3, -0.25) is 0 Å². The number of hydrogen-bond donors (Lipinski definition) is 0. The molecule has 0 amide bonds. The van der Waals surface area contributed by atoms with Gasteiger partial charge in [0.25, 0.3) is 0 Å². The van der Waals surface area contributed by atoms with Gasteiger partial charge in [-0.25, -0.2) is 18.3 Å². The largest absolute Gasteiger partial charge is 1.00 e. The standard InChI is InChI=1S/2C12H23N2.2ClH/c2*1-3-4-5-6-7-8-9-14-11-10-13(2)12-14;;/h2*10-12H,3-9H2,1-2H3;2*1H/q2*+1;;/p-2. The van der Waals surface area contributed by atoms with Gasteiger partial charge in [0.2, 0.25) is 12.7 Å². The van der Waals surface area contributed by atoms with Crippen molar-refractivity contribution in [1.82, 2.24) is 9.13 Å². The molecule has 2 heterocycles. The highest BCUT2D eigenvalue weighted by Crippen LogP contribution is 2.06. The summed E-state index contributed by atoms with van der Waals surface area (Å²) < 4.78 is 8.72. The Labute approximate surface area is 198 Å². The third-order valence-corrected chi connectivity index (χ3v) is 5.19.